The Morgan fingerprint density at radius 2 is 2.27 bits per heavy atom. The summed E-state index contributed by atoms with van der Waals surface area (Å²) in [5, 5.41) is 33.7. The molecule has 1 atom stereocenters. The summed E-state index contributed by atoms with van der Waals surface area (Å²) in [4.78, 5) is 25.4. The quantitative estimate of drug-likeness (QED) is 0.354. The average molecular weight is 326 g/mol. The van der Waals surface area contributed by atoms with Gasteiger partial charge in [0.05, 0.1) is 11.0 Å². The molecule has 0 saturated carbocycles. The van der Waals surface area contributed by atoms with Gasteiger partial charge in [0.2, 0.25) is 0 Å². The Bertz CT molecular complexity index is 887. The normalized spacial score (nSPS) is 19.5. The Balaban J connectivity index is 2.33. The number of fused-ring (bicyclic) bond motifs is 1. The molecular formula is C9H6N6O6S. The SMILES string of the molecule is [NH-]c1ncc(C2C(=[N+]([O-])O)C=C([N+](=O)[O-])c3[nH]o[n+](=O)c32)s1. The van der Waals surface area contributed by atoms with Crippen molar-refractivity contribution in [1.29, 1.82) is 0 Å². The van der Waals surface area contributed by atoms with Crippen molar-refractivity contribution in [3.63, 3.8) is 0 Å². The standard InChI is InChI=1S/C9H6N6O6S/c10-9-11-2-5(22-9)6-3(13(16)17)1-4(14(18)19)7-8(6)15(20)21-12-7/h1-2,6,12H,(H2-,10,11,16,17). The van der Waals surface area contributed by atoms with Crippen LogP contribution in [0.4, 0.5) is 5.13 Å². The fourth-order valence-corrected chi connectivity index (χ4v) is 2.94. The van der Waals surface area contributed by atoms with Crippen LogP contribution in [0.5, 0.6) is 0 Å². The lowest BCUT2D eigenvalue weighted by Gasteiger charge is -2.11. The van der Waals surface area contributed by atoms with Crippen LogP contribution in [0, 0.1) is 20.2 Å². The van der Waals surface area contributed by atoms with Crippen LogP contribution in [-0.4, -0.2) is 30.9 Å². The number of hydrogen-bond donors (Lipinski definition) is 2. The zero-order valence-electron chi connectivity index (χ0n) is 10.4. The van der Waals surface area contributed by atoms with Crippen molar-refractivity contribution in [1.82, 2.24) is 10.1 Å². The summed E-state index contributed by atoms with van der Waals surface area (Å²) in [5.74, 6) is -1.15. The highest BCUT2D eigenvalue weighted by Gasteiger charge is 2.48. The molecule has 3 rings (SSSR count). The van der Waals surface area contributed by atoms with E-state index >= 15 is 0 Å². The summed E-state index contributed by atoms with van der Waals surface area (Å²) >= 11 is 0.852. The fourth-order valence-electron chi connectivity index (χ4n) is 2.16. The lowest BCUT2D eigenvalue weighted by atomic mass is 9.90. The summed E-state index contributed by atoms with van der Waals surface area (Å²) < 4.78 is 4.47. The molecule has 2 aromatic rings. The van der Waals surface area contributed by atoms with Crippen molar-refractivity contribution in [2.45, 2.75) is 5.92 Å². The van der Waals surface area contributed by atoms with E-state index in [0.29, 0.717) is 0 Å². The van der Waals surface area contributed by atoms with Gasteiger partial charge in [-0.25, -0.2) is 0 Å². The Morgan fingerprint density at radius 1 is 1.55 bits per heavy atom. The number of nitrogens with one attached hydrogen (secondary N) is 2. The van der Waals surface area contributed by atoms with Crippen LogP contribution in [0.1, 0.15) is 22.2 Å². The molecule has 1 aliphatic rings. The number of H-pyrrole nitrogens is 1. The number of nitrogens with zero attached hydrogens (tertiary/aromatic N) is 4. The van der Waals surface area contributed by atoms with E-state index in [1.54, 1.807) is 0 Å². The Hall–Kier alpha value is -3.22. The van der Waals surface area contributed by atoms with E-state index in [0.717, 1.165) is 17.4 Å². The second-order valence-electron chi connectivity index (χ2n) is 4.20. The number of thiazole rings is 1. The zero-order chi connectivity index (χ0) is 16.0. The largest absolute Gasteiger partial charge is 0.473 e. The highest BCUT2D eigenvalue weighted by molar-refractivity contribution is 7.15. The lowest BCUT2D eigenvalue weighted by molar-refractivity contribution is -0.730. The van der Waals surface area contributed by atoms with Crippen molar-refractivity contribution in [2.24, 2.45) is 0 Å². The molecule has 0 fully saturated rings. The molecule has 22 heavy (non-hydrogen) atoms. The lowest BCUT2D eigenvalue weighted by Crippen LogP contribution is -2.32. The predicted octanol–water partition coefficient (Wildman–Crippen LogP) is 0.766. The van der Waals surface area contributed by atoms with Gasteiger partial charge in [-0.05, 0) is 10.0 Å². The Morgan fingerprint density at radius 3 is 2.82 bits per heavy atom. The highest BCUT2D eigenvalue weighted by Crippen LogP contribution is 2.37. The summed E-state index contributed by atoms with van der Waals surface area (Å²) in [5.41, 5.74) is 5.86. The smallest absolute Gasteiger partial charge is 0.330 e. The number of rotatable bonds is 2. The van der Waals surface area contributed by atoms with Crippen LogP contribution >= 0.6 is 11.3 Å². The third kappa shape index (κ3) is 1.91. The minimum absolute atomic E-state index is 0.0245. The topological polar surface area (TPSA) is 178 Å². The second kappa shape index (κ2) is 4.66. The minimum atomic E-state index is -1.15. The third-order valence-corrected chi connectivity index (χ3v) is 3.89. The third-order valence-electron chi connectivity index (χ3n) is 3.02. The summed E-state index contributed by atoms with van der Waals surface area (Å²) in [6.45, 7) is 0. The number of aromatic nitrogens is 3. The average Bonchev–Trinajstić information content (AvgIpc) is 3.04. The molecule has 2 aromatic heterocycles. The number of aromatic amines is 1. The maximum absolute atomic E-state index is 11.8. The first kappa shape index (κ1) is 13.7. The van der Waals surface area contributed by atoms with Crippen molar-refractivity contribution in [3.8, 4) is 0 Å². The minimum Gasteiger partial charge on any atom is -0.473 e. The first-order chi connectivity index (χ1) is 10.4. The van der Waals surface area contributed by atoms with Crippen LogP contribution in [0.25, 0.3) is 11.4 Å². The molecule has 3 N–H and O–H groups in total. The van der Waals surface area contributed by atoms with E-state index in [9.17, 15) is 25.4 Å². The molecule has 12 nitrogen and oxygen atoms in total. The van der Waals surface area contributed by atoms with Gasteiger partial charge in [0.15, 0.2) is 10.5 Å². The van der Waals surface area contributed by atoms with Gasteiger partial charge in [0, 0.05) is 9.78 Å². The molecule has 13 heteroatoms. The summed E-state index contributed by atoms with van der Waals surface area (Å²) in [7, 11) is 0. The predicted molar refractivity (Wildman–Crippen MR) is 69.8 cm³/mol. The number of nitro groups is 1. The molecule has 0 radical (unpaired) electrons. The maximum Gasteiger partial charge on any atom is 0.330 e. The van der Waals surface area contributed by atoms with Crippen molar-refractivity contribution >= 4 is 27.9 Å². The summed E-state index contributed by atoms with van der Waals surface area (Å²) in [6, 6.07) is 0. The van der Waals surface area contributed by atoms with Gasteiger partial charge in [-0.3, -0.25) is 15.3 Å². The first-order valence-electron chi connectivity index (χ1n) is 5.61. The van der Waals surface area contributed by atoms with E-state index < -0.39 is 27.2 Å². The van der Waals surface area contributed by atoms with Gasteiger partial charge in [-0.1, -0.05) is 16.0 Å². The second-order valence-corrected chi connectivity index (χ2v) is 5.26. The van der Waals surface area contributed by atoms with Crippen molar-refractivity contribution < 1.29 is 24.3 Å². The molecule has 0 bridgehead atoms. The molecule has 1 unspecified atom stereocenters. The van der Waals surface area contributed by atoms with Gasteiger partial charge in [0.1, 0.15) is 0 Å². The zero-order valence-corrected chi connectivity index (χ0v) is 11.2. The van der Waals surface area contributed by atoms with Crippen LogP contribution in [0.3, 0.4) is 0 Å². The Labute approximate surface area is 123 Å². The molecule has 2 heterocycles. The van der Waals surface area contributed by atoms with E-state index in [4.69, 9.17) is 5.73 Å². The van der Waals surface area contributed by atoms with Crippen LogP contribution in [-0.2, 0) is 0 Å². The fraction of sp³-hybridized carbons (Fsp3) is 0.111. The van der Waals surface area contributed by atoms with Gasteiger partial charge >= 0.3 is 5.70 Å². The monoisotopic (exact) mass is 326 g/mol. The molecule has 0 amide bonds. The number of allylic oxidation sites excluding steroid dienone is 1. The molecule has 0 spiro atoms. The molecule has 0 aromatic carbocycles. The van der Waals surface area contributed by atoms with E-state index in [-0.39, 0.29) is 26.0 Å². The first-order valence-corrected chi connectivity index (χ1v) is 6.43. The highest BCUT2D eigenvalue weighted by atomic mass is 32.1. The van der Waals surface area contributed by atoms with E-state index in [2.05, 4.69) is 14.8 Å². The van der Waals surface area contributed by atoms with E-state index in [1.165, 1.54) is 6.20 Å². The van der Waals surface area contributed by atoms with Gasteiger partial charge < -0.3 is 15.9 Å². The van der Waals surface area contributed by atoms with E-state index in [1.807, 2.05) is 0 Å². The Kier molecular flexibility index (Phi) is 2.91. The van der Waals surface area contributed by atoms with Gasteiger partial charge in [0.25, 0.3) is 17.1 Å². The molecule has 0 saturated heterocycles. The van der Waals surface area contributed by atoms with Gasteiger partial charge in [-0.15, -0.1) is 11.3 Å². The molecule has 114 valence electrons. The maximum atomic E-state index is 11.8. The van der Waals surface area contributed by atoms with Crippen molar-refractivity contribution in [2.75, 3.05) is 0 Å². The van der Waals surface area contributed by atoms with Crippen LogP contribution < -0.4 is 4.60 Å². The van der Waals surface area contributed by atoms with Crippen LogP contribution in [0.2, 0.25) is 0 Å². The molecular weight excluding hydrogens is 320 g/mol. The molecule has 1 aliphatic carbocycles. The van der Waals surface area contributed by atoms with Crippen molar-refractivity contribution in [3.05, 3.63) is 54.5 Å². The van der Waals surface area contributed by atoms with Gasteiger partial charge in [-0.2, -0.15) is 0 Å². The number of hydrogen-bond acceptors (Lipinski definition) is 8. The summed E-state index contributed by atoms with van der Waals surface area (Å²) in [6.07, 6.45) is 2.07. The molecule has 0 aliphatic heterocycles. The van der Waals surface area contributed by atoms with Crippen LogP contribution in [0.15, 0.2) is 16.9 Å².